The first kappa shape index (κ1) is 11.8. The van der Waals surface area contributed by atoms with Crippen molar-refractivity contribution in [2.75, 3.05) is 5.32 Å². The van der Waals surface area contributed by atoms with Gasteiger partial charge in [0.05, 0.1) is 4.92 Å². The third-order valence-electron chi connectivity index (χ3n) is 2.13. The molecule has 1 heterocycles. The van der Waals surface area contributed by atoms with E-state index in [1.54, 1.807) is 36.1 Å². The molecule has 0 bridgehead atoms. The van der Waals surface area contributed by atoms with Crippen LogP contribution in [-0.2, 0) is 7.05 Å². The second-order valence-corrected chi connectivity index (χ2v) is 4.66. The molecule has 0 saturated heterocycles. The van der Waals surface area contributed by atoms with Gasteiger partial charge in [0.15, 0.2) is 5.82 Å². The highest BCUT2D eigenvalue weighted by molar-refractivity contribution is 14.1. The second-order valence-electron chi connectivity index (χ2n) is 3.42. The third kappa shape index (κ3) is 2.73. The fourth-order valence-corrected chi connectivity index (χ4v) is 1.86. The van der Waals surface area contributed by atoms with E-state index in [0.29, 0.717) is 11.5 Å². The Labute approximate surface area is 111 Å². The van der Waals surface area contributed by atoms with Crippen molar-refractivity contribution in [1.82, 2.24) is 9.78 Å². The molecule has 0 aliphatic heterocycles. The minimum absolute atomic E-state index is 0.0440. The molecule has 0 radical (unpaired) electrons. The number of halogens is 1. The van der Waals surface area contributed by atoms with Gasteiger partial charge in [0.1, 0.15) is 5.69 Å². The van der Waals surface area contributed by atoms with Crippen LogP contribution in [0.5, 0.6) is 0 Å². The predicted octanol–water partition coefficient (Wildman–Crippen LogP) is 2.68. The molecule has 1 aromatic carbocycles. The maximum Gasteiger partial charge on any atom is 0.293 e. The van der Waals surface area contributed by atoms with E-state index in [1.165, 1.54) is 6.07 Å². The molecule has 0 saturated carbocycles. The van der Waals surface area contributed by atoms with Crippen molar-refractivity contribution in [2.24, 2.45) is 7.05 Å². The summed E-state index contributed by atoms with van der Waals surface area (Å²) >= 11 is 2.04. The number of hydrogen-bond donors (Lipinski definition) is 1. The molecule has 6 nitrogen and oxygen atoms in total. The maximum absolute atomic E-state index is 10.9. The van der Waals surface area contributed by atoms with Crippen LogP contribution >= 0.6 is 22.6 Å². The normalized spacial score (nSPS) is 10.2. The molecule has 1 N–H and O–H groups in total. The summed E-state index contributed by atoms with van der Waals surface area (Å²) < 4.78 is 2.45. The van der Waals surface area contributed by atoms with Crippen molar-refractivity contribution in [3.8, 4) is 0 Å². The third-order valence-corrected chi connectivity index (χ3v) is 2.80. The van der Waals surface area contributed by atoms with Crippen LogP contribution in [0.25, 0.3) is 0 Å². The first-order chi connectivity index (χ1) is 8.06. The summed E-state index contributed by atoms with van der Waals surface area (Å²) in [6.07, 6.45) is 1.76. The smallest absolute Gasteiger partial charge is 0.293 e. The number of hydrogen-bond acceptors (Lipinski definition) is 4. The van der Waals surface area contributed by atoms with Gasteiger partial charge in [-0.05, 0) is 34.7 Å². The van der Waals surface area contributed by atoms with E-state index < -0.39 is 4.92 Å². The lowest BCUT2D eigenvalue weighted by molar-refractivity contribution is -0.384. The highest BCUT2D eigenvalue weighted by Crippen LogP contribution is 2.28. The Hall–Kier alpha value is -1.64. The Morgan fingerprint density at radius 3 is 2.82 bits per heavy atom. The number of nitrogens with zero attached hydrogens (tertiary/aromatic N) is 3. The van der Waals surface area contributed by atoms with Gasteiger partial charge in [-0.2, -0.15) is 5.10 Å². The molecule has 0 unspecified atom stereocenters. The molecular weight excluding hydrogens is 335 g/mol. The number of nitro benzene ring substituents is 1. The number of aryl methyl sites for hydroxylation is 1. The Morgan fingerprint density at radius 1 is 1.47 bits per heavy atom. The number of rotatable bonds is 3. The van der Waals surface area contributed by atoms with Gasteiger partial charge in [0, 0.05) is 28.9 Å². The Kier molecular flexibility index (Phi) is 3.27. The van der Waals surface area contributed by atoms with Gasteiger partial charge >= 0.3 is 0 Å². The van der Waals surface area contributed by atoms with Crippen LogP contribution in [0.1, 0.15) is 0 Å². The van der Waals surface area contributed by atoms with E-state index in [-0.39, 0.29) is 5.69 Å². The summed E-state index contributed by atoms with van der Waals surface area (Å²) in [5.41, 5.74) is 0.483. The summed E-state index contributed by atoms with van der Waals surface area (Å²) in [6.45, 7) is 0. The SMILES string of the molecule is Cn1ccc(Nc2ccc(I)cc2[N+](=O)[O-])n1. The molecule has 0 atom stereocenters. The number of benzene rings is 1. The van der Waals surface area contributed by atoms with Crippen molar-refractivity contribution in [2.45, 2.75) is 0 Å². The molecule has 2 rings (SSSR count). The monoisotopic (exact) mass is 344 g/mol. The van der Waals surface area contributed by atoms with Crippen molar-refractivity contribution in [3.63, 3.8) is 0 Å². The number of anilines is 2. The zero-order valence-electron chi connectivity index (χ0n) is 8.92. The molecule has 0 aliphatic rings. The molecule has 0 fully saturated rings. The number of nitrogens with one attached hydrogen (secondary N) is 1. The second kappa shape index (κ2) is 4.70. The molecule has 17 heavy (non-hydrogen) atoms. The van der Waals surface area contributed by atoms with E-state index in [0.717, 1.165) is 3.57 Å². The summed E-state index contributed by atoms with van der Waals surface area (Å²) in [6, 6.07) is 6.75. The van der Waals surface area contributed by atoms with Crippen LogP contribution in [-0.4, -0.2) is 14.7 Å². The number of nitro groups is 1. The van der Waals surface area contributed by atoms with E-state index in [1.807, 2.05) is 22.6 Å². The predicted molar refractivity (Wildman–Crippen MR) is 72.3 cm³/mol. The summed E-state index contributed by atoms with van der Waals surface area (Å²) in [5.74, 6) is 0.580. The molecule has 88 valence electrons. The quantitative estimate of drug-likeness (QED) is 0.528. The summed E-state index contributed by atoms with van der Waals surface area (Å²) in [7, 11) is 1.79. The van der Waals surface area contributed by atoms with Crippen LogP contribution in [0.3, 0.4) is 0 Å². The Bertz CT molecular complexity index is 567. The van der Waals surface area contributed by atoms with Gasteiger partial charge in [-0.15, -0.1) is 0 Å². The van der Waals surface area contributed by atoms with Crippen molar-refractivity contribution < 1.29 is 4.92 Å². The van der Waals surface area contributed by atoms with Crippen LogP contribution in [0.4, 0.5) is 17.2 Å². The van der Waals surface area contributed by atoms with Crippen LogP contribution in [0.2, 0.25) is 0 Å². The van der Waals surface area contributed by atoms with Crippen LogP contribution < -0.4 is 5.32 Å². The average molecular weight is 344 g/mol. The molecular formula is C10H9IN4O2. The number of aromatic nitrogens is 2. The lowest BCUT2D eigenvalue weighted by atomic mass is 10.2. The molecule has 2 aromatic rings. The van der Waals surface area contributed by atoms with E-state index >= 15 is 0 Å². The van der Waals surface area contributed by atoms with E-state index in [9.17, 15) is 10.1 Å². The van der Waals surface area contributed by atoms with Crippen molar-refractivity contribution in [1.29, 1.82) is 0 Å². The first-order valence-electron chi connectivity index (χ1n) is 4.77. The summed E-state index contributed by atoms with van der Waals surface area (Å²) in [5, 5.41) is 17.9. The average Bonchev–Trinajstić information content (AvgIpc) is 2.66. The summed E-state index contributed by atoms with van der Waals surface area (Å²) in [4.78, 5) is 10.5. The standard InChI is InChI=1S/C10H9IN4O2/c1-14-5-4-10(13-14)12-8-3-2-7(11)6-9(8)15(16)17/h2-6H,1H3,(H,12,13). The van der Waals surface area contributed by atoms with Gasteiger partial charge < -0.3 is 5.32 Å². The van der Waals surface area contributed by atoms with Gasteiger partial charge in [-0.25, -0.2) is 0 Å². The zero-order valence-corrected chi connectivity index (χ0v) is 11.1. The minimum atomic E-state index is -0.409. The lowest BCUT2D eigenvalue weighted by Crippen LogP contribution is -1.98. The van der Waals surface area contributed by atoms with Crippen molar-refractivity contribution in [3.05, 3.63) is 44.1 Å². The highest BCUT2D eigenvalue weighted by Gasteiger charge is 2.14. The van der Waals surface area contributed by atoms with E-state index in [4.69, 9.17) is 0 Å². The van der Waals surface area contributed by atoms with Crippen LogP contribution in [0.15, 0.2) is 30.5 Å². The van der Waals surface area contributed by atoms with E-state index in [2.05, 4.69) is 10.4 Å². The topological polar surface area (TPSA) is 73.0 Å². The maximum atomic E-state index is 10.9. The Morgan fingerprint density at radius 2 is 2.24 bits per heavy atom. The molecule has 1 aromatic heterocycles. The minimum Gasteiger partial charge on any atom is -0.333 e. The molecule has 0 aliphatic carbocycles. The van der Waals surface area contributed by atoms with Gasteiger partial charge in [-0.3, -0.25) is 14.8 Å². The van der Waals surface area contributed by atoms with Crippen LogP contribution in [0, 0.1) is 13.7 Å². The first-order valence-corrected chi connectivity index (χ1v) is 5.85. The highest BCUT2D eigenvalue weighted by atomic mass is 127. The molecule has 0 amide bonds. The zero-order chi connectivity index (χ0) is 12.4. The molecule has 0 spiro atoms. The largest absolute Gasteiger partial charge is 0.333 e. The van der Waals surface area contributed by atoms with Gasteiger partial charge in [0.2, 0.25) is 0 Å². The Balaban J connectivity index is 2.35. The van der Waals surface area contributed by atoms with Crippen molar-refractivity contribution >= 4 is 39.8 Å². The lowest BCUT2D eigenvalue weighted by Gasteiger charge is -2.04. The fraction of sp³-hybridized carbons (Fsp3) is 0.100. The fourth-order valence-electron chi connectivity index (χ4n) is 1.38. The molecule has 7 heteroatoms. The van der Waals surface area contributed by atoms with Gasteiger partial charge in [-0.1, -0.05) is 0 Å². The van der Waals surface area contributed by atoms with Gasteiger partial charge in [0.25, 0.3) is 5.69 Å².